The minimum absolute atomic E-state index is 0.193. The molecule has 0 rings (SSSR count). The summed E-state index contributed by atoms with van der Waals surface area (Å²) in [6.07, 6.45) is -0.663. The highest BCUT2D eigenvalue weighted by atomic mass is 16.4. The molecule has 0 aliphatic rings. The fourth-order valence-electron chi connectivity index (χ4n) is 2.65. The van der Waals surface area contributed by atoms with Gasteiger partial charge in [0.05, 0.1) is 12.6 Å². The van der Waals surface area contributed by atoms with Crippen molar-refractivity contribution in [3.63, 3.8) is 0 Å². The second kappa shape index (κ2) is 14.7. The number of aliphatic carboxylic acids is 2. The zero-order chi connectivity index (χ0) is 25.7. The summed E-state index contributed by atoms with van der Waals surface area (Å²) in [4.78, 5) is 70.6. The quantitative estimate of drug-likeness (QED) is 0.112. The molecule has 0 heterocycles. The van der Waals surface area contributed by atoms with Crippen LogP contribution in [0.3, 0.4) is 0 Å². The van der Waals surface area contributed by atoms with Gasteiger partial charge in [-0.2, -0.15) is 0 Å². The maximum Gasteiger partial charge on any atom is 0.328 e. The van der Waals surface area contributed by atoms with Gasteiger partial charge in [-0.1, -0.05) is 20.3 Å². The molecule has 4 amide bonds. The molecule has 5 unspecified atom stereocenters. The average molecular weight is 475 g/mol. The summed E-state index contributed by atoms with van der Waals surface area (Å²) in [5.74, 6) is -6.40. The summed E-state index contributed by atoms with van der Waals surface area (Å²) in [7, 11) is 0. The zero-order valence-corrected chi connectivity index (χ0v) is 18.6. The Morgan fingerprint density at radius 3 is 1.88 bits per heavy atom. The topological polar surface area (TPSA) is 251 Å². The maximum absolute atomic E-state index is 12.8. The first-order valence-electron chi connectivity index (χ1n) is 10.3. The molecule has 0 saturated heterocycles. The Balaban J connectivity index is 5.51. The van der Waals surface area contributed by atoms with Crippen LogP contribution in [0.4, 0.5) is 0 Å². The van der Waals surface area contributed by atoms with Crippen molar-refractivity contribution in [2.75, 3.05) is 6.61 Å². The van der Waals surface area contributed by atoms with Crippen LogP contribution in [-0.4, -0.2) is 81.7 Å². The van der Waals surface area contributed by atoms with Crippen LogP contribution in [0.1, 0.15) is 46.0 Å². The van der Waals surface area contributed by atoms with E-state index in [2.05, 4.69) is 16.0 Å². The van der Waals surface area contributed by atoms with Gasteiger partial charge in [0.1, 0.15) is 18.1 Å². The SMILES string of the molecule is CCC(C)C(NC(=O)C(CCC(N)=O)NC(=O)C(N)CCC(=O)O)C(=O)NC(CO)C(=O)O. The van der Waals surface area contributed by atoms with Gasteiger partial charge in [-0.15, -0.1) is 0 Å². The van der Waals surface area contributed by atoms with E-state index in [0.717, 1.165) is 0 Å². The third-order valence-corrected chi connectivity index (χ3v) is 4.91. The average Bonchev–Trinajstić information content (AvgIpc) is 2.75. The molecule has 33 heavy (non-hydrogen) atoms. The zero-order valence-electron chi connectivity index (χ0n) is 18.6. The Labute approximate surface area is 190 Å². The van der Waals surface area contributed by atoms with E-state index in [4.69, 9.17) is 26.8 Å². The number of carbonyl (C=O) groups excluding carboxylic acids is 4. The van der Waals surface area contributed by atoms with Crippen LogP contribution in [0.5, 0.6) is 0 Å². The van der Waals surface area contributed by atoms with Crippen LogP contribution in [0.2, 0.25) is 0 Å². The molecule has 0 bridgehead atoms. The third kappa shape index (κ3) is 11.2. The Morgan fingerprint density at radius 1 is 0.848 bits per heavy atom. The number of carboxylic acids is 2. The van der Waals surface area contributed by atoms with E-state index in [0.29, 0.717) is 6.42 Å². The summed E-state index contributed by atoms with van der Waals surface area (Å²) in [6, 6.07) is -5.36. The van der Waals surface area contributed by atoms with Crippen molar-refractivity contribution < 1.29 is 44.1 Å². The minimum Gasteiger partial charge on any atom is -0.481 e. The molecule has 188 valence electrons. The first-order valence-corrected chi connectivity index (χ1v) is 10.3. The molecule has 0 aliphatic carbocycles. The van der Waals surface area contributed by atoms with E-state index in [1.807, 2.05) is 0 Å². The first kappa shape index (κ1) is 29.7. The Bertz CT molecular complexity index is 730. The number of carboxylic acid groups (broad SMARTS) is 2. The number of nitrogens with one attached hydrogen (secondary N) is 3. The van der Waals surface area contributed by atoms with Gasteiger partial charge < -0.3 is 42.7 Å². The minimum atomic E-state index is -1.58. The maximum atomic E-state index is 12.8. The van der Waals surface area contributed by atoms with E-state index in [9.17, 15) is 28.8 Å². The molecule has 14 heteroatoms. The smallest absolute Gasteiger partial charge is 0.328 e. The van der Waals surface area contributed by atoms with Crippen molar-refractivity contribution in [3.05, 3.63) is 0 Å². The molecule has 0 aromatic rings. The normalized spacial score (nSPS) is 15.3. The fraction of sp³-hybridized carbons (Fsp3) is 0.684. The second-order valence-corrected chi connectivity index (χ2v) is 7.56. The van der Waals surface area contributed by atoms with Gasteiger partial charge in [0.25, 0.3) is 0 Å². The van der Waals surface area contributed by atoms with E-state index in [1.54, 1.807) is 13.8 Å². The number of carbonyl (C=O) groups is 6. The standard InChI is InChI=1S/C19H33N5O9/c1-3-9(2)15(18(31)23-12(8-25)19(32)33)24-17(30)11(5-6-13(21)26)22-16(29)10(20)4-7-14(27)28/h9-12,15,25H,3-8,20H2,1-2H3,(H2,21,26)(H,22,29)(H,23,31)(H,24,30)(H,27,28)(H,32,33). The molecular weight excluding hydrogens is 442 g/mol. The van der Waals surface area contributed by atoms with Crippen LogP contribution >= 0.6 is 0 Å². The van der Waals surface area contributed by atoms with Crippen molar-refractivity contribution in [2.45, 2.75) is 70.1 Å². The summed E-state index contributed by atoms with van der Waals surface area (Å²) >= 11 is 0. The van der Waals surface area contributed by atoms with Gasteiger partial charge >= 0.3 is 11.9 Å². The van der Waals surface area contributed by atoms with Gasteiger partial charge in [-0.3, -0.25) is 24.0 Å². The van der Waals surface area contributed by atoms with Crippen molar-refractivity contribution in [1.82, 2.24) is 16.0 Å². The van der Waals surface area contributed by atoms with Crippen LogP contribution in [0.15, 0.2) is 0 Å². The number of aliphatic hydroxyl groups is 1. The number of primary amides is 1. The lowest BCUT2D eigenvalue weighted by Crippen LogP contribution is -2.59. The van der Waals surface area contributed by atoms with E-state index >= 15 is 0 Å². The third-order valence-electron chi connectivity index (χ3n) is 4.91. The molecule has 10 N–H and O–H groups in total. The van der Waals surface area contributed by atoms with Crippen molar-refractivity contribution in [2.24, 2.45) is 17.4 Å². The molecule has 0 spiro atoms. The van der Waals surface area contributed by atoms with E-state index in [-0.39, 0.29) is 25.7 Å². The number of aliphatic hydroxyl groups excluding tert-OH is 1. The van der Waals surface area contributed by atoms with Gasteiger partial charge in [0, 0.05) is 12.8 Å². The number of amides is 4. The van der Waals surface area contributed by atoms with Crippen LogP contribution in [0, 0.1) is 5.92 Å². The highest BCUT2D eigenvalue weighted by Gasteiger charge is 2.32. The van der Waals surface area contributed by atoms with E-state index < -0.39 is 72.3 Å². The first-order chi connectivity index (χ1) is 15.3. The second-order valence-electron chi connectivity index (χ2n) is 7.56. The fourth-order valence-corrected chi connectivity index (χ4v) is 2.65. The summed E-state index contributed by atoms with van der Waals surface area (Å²) < 4.78 is 0. The van der Waals surface area contributed by atoms with Gasteiger partial charge in [-0.25, -0.2) is 4.79 Å². The van der Waals surface area contributed by atoms with Crippen LogP contribution in [-0.2, 0) is 28.8 Å². The molecule has 14 nitrogen and oxygen atoms in total. The lowest BCUT2D eigenvalue weighted by atomic mass is 9.97. The molecule has 5 atom stereocenters. The van der Waals surface area contributed by atoms with Crippen LogP contribution < -0.4 is 27.4 Å². The van der Waals surface area contributed by atoms with Crippen LogP contribution in [0.25, 0.3) is 0 Å². The van der Waals surface area contributed by atoms with E-state index in [1.165, 1.54) is 0 Å². The number of hydrogen-bond acceptors (Lipinski definition) is 8. The summed E-state index contributed by atoms with van der Waals surface area (Å²) in [5, 5.41) is 33.7. The Kier molecular flexibility index (Phi) is 13.3. The number of hydrogen-bond donors (Lipinski definition) is 8. The molecule has 0 saturated carbocycles. The molecular formula is C19H33N5O9. The van der Waals surface area contributed by atoms with Crippen molar-refractivity contribution in [3.8, 4) is 0 Å². The lowest BCUT2D eigenvalue weighted by molar-refractivity contribution is -0.143. The largest absolute Gasteiger partial charge is 0.481 e. The summed E-state index contributed by atoms with van der Waals surface area (Å²) in [5.41, 5.74) is 10.8. The predicted molar refractivity (Wildman–Crippen MR) is 113 cm³/mol. The van der Waals surface area contributed by atoms with Crippen molar-refractivity contribution >= 4 is 35.6 Å². The van der Waals surface area contributed by atoms with Gasteiger partial charge in [0.15, 0.2) is 0 Å². The highest BCUT2D eigenvalue weighted by Crippen LogP contribution is 2.10. The lowest BCUT2D eigenvalue weighted by Gasteiger charge is -2.27. The molecule has 0 aromatic carbocycles. The number of nitrogens with two attached hydrogens (primary N) is 2. The monoisotopic (exact) mass is 475 g/mol. The molecule has 0 aromatic heterocycles. The number of rotatable bonds is 16. The highest BCUT2D eigenvalue weighted by molar-refractivity contribution is 5.94. The Morgan fingerprint density at radius 2 is 1.42 bits per heavy atom. The predicted octanol–water partition coefficient (Wildman–Crippen LogP) is -2.98. The van der Waals surface area contributed by atoms with Gasteiger partial charge in [-0.05, 0) is 18.8 Å². The Hall–Kier alpha value is -3.26. The van der Waals surface area contributed by atoms with Gasteiger partial charge in [0.2, 0.25) is 23.6 Å². The molecule has 0 fully saturated rings. The molecule has 0 radical (unpaired) electrons. The summed E-state index contributed by atoms with van der Waals surface area (Å²) in [6.45, 7) is 2.48. The molecule has 0 aliphatic heterocycles. The van der Waals surface area contributed by atoms with Crippen molar-refractivity contribution in [1.29, 1.82) is 0 Å².